The number of allylic oxidation sites excluding steroid dienone is 1. The first-order valence-corrected chi connectivity index (χ1v) is 8.96. The van der Waals surface area contributed by atoms with Crippen molar-refractivity contribution >= 4 is 10.9 Å². The number of hydrogen-bond donors (Lipinski definition) is 0. The SMILES string of the molecule is CCCn1c(=O)nc(-c2ccccc2)c2cc(OCC=C(C)C)ccc21. The summed E-state index contributed by atoms with van der Waals surface area (Å²) in [6.07, 6.45) is 2.92. The summed E-state index contributed by atoms with van der Waals surface area (Å²) >= 11 is 0. The highest BCUT2D eigenvalue weighted by Gasteiger charge is 2.12. The van der Waals surface area contributed by atoms with E-state index >= 15 is 0 Å². The quantitative estimate of drug-likeness (QED) is 0.600. The number of aryl methyl sites for hydroxylation is 1. The minimum atomic E-state index is -0.212. The second-order valence-electron chi connectivity index (χ2n) is 6.53. The van der Waals surface area contributed by atoms with Gasteiger partial charge in [0.05, 0.1) is 11.2 Å². The molecule has 0 saturated heterocycles. The van der Waals surface area contributed by atoms with Gasteiger partial charge in [-0.2, -0.15) is 4.98 Å². The third-order valence-electron chi connectivity index (χ3n) is 4.19. The maximum atomic E-state index is 12.6. The summed E-state index contributed by atoms with van der Waals surface area (Å²) in [5.74, 6) is 0.774. The second-order valence-corrected chi connectivity index (χ2v) is 6.53. The van der Waals surface area contributed by atoms with Gasteiger partial charge >= 0.3 is 5.69 Å². The molecule has 0 aliphatic rings. The van der Waals surface area contributed by atoms with Gasteiger partial charge in [-0.25, -0.2) is 4.79 Å². The van der Waals surface area contributed by atoms with Crippen molar-refractivity contribution in [2.45, 2.75) is 33.7 Å². The summed E-state index contributed by atoms with van der Waals surface area (Å²) in [5, 5.41) is 0.930. The van der Waals surface area contributed by atoms with Gasteiger partial charge < -0.3 is 4.74 Å². The number of fused-ring (bicyclic) bond motifs is 1. The largest absolute Gasteiger partial charge is 0.490 e. The van der Waals surface area contributed by atoms with Crippen molar-refractivity contribution in [1.29, 1.82) is 0 Å². The molecule has 4 heteroatoms. The van der Waals surface area contributed by atoms with E-state index in [9.17, 15) is 4.79 Å². The Kier molecular flexibility index (Phi) is 5.52. The lowest BCUT2D eigenvalue weighted by Crippen LogP contribution is -2.24. The Balaban J connectivity index is 2.17. The predicted molar refractivity (Wildman–Crippen MR) is 107 cm³/mol. The predicted octanol–water partition coefficient (Wildman–Crippen LogP) is 4.82. The van der Waals surface area contributed by atoms with Crippen molar-refractivity contribution in [2.75, 3.05) is 6.61 Å². The van der Waals surface area contributed by atoms with Crippen LogP contribution < -0.4 is 10.4 Å². The highest BCUT2D eigenvalue weighted by Crippen LogP contribution is 2.28. The van der Waals surface area contributed by atoms with E-state index in [1.165, 1.54) is 5.57 Å². The molecule has 0 fully saturated rings. The maximum absolute atomic E-state index is 12.6. The van der Waals surface area contributed by atoms with E-state index in [0.29, 0.717) is 18.8 Å². The summed E-state index contributed by atoms with van der Waals surface area (Å²) in [7, 11) is 0. The fraction of sp³-hybridized carbons (Fsp3) is 0.273. The van der Waals surface area contributed by atoms with Gasteiger partial charge in [-0.15, -0.1) is 0 Å². The fourth-order valence-electron chi connectivity index (χ4n) is 2.91. The van der Waals surface area contributed by atoms with Crippen LogP contribution in [0.2, 0.25) is 0 Å². The monoisotopic (exact) mass is 348 g/mol. The normalized spacial score (nSPS) is 10.7. The van der Waals surface area contributed by atoms with E-state index in [1.807, 2.05) is 68.5 Å². The van der Waals surface area contributed by atoms with E-state index in [1.54, 1.807) is 4.57 Å². The zero-order valence-corrected chi connectivity index (χ0v) is 15.5. The topological polar surface area (TPSA) is 44.1 Å². The summed E-state index contributed by atoms with van der Waals surface area (Å²) in [4.78, 5) is 16.9. The number of rotatable bonds is 6. The molecular formula is C22H24N2O2. The molecule has 0 bridgehead atoms. The molecule has 0 aliphatic heterocycles. The molecule has 26 heavy (non-hydrogen) atoms. The molecule has 1 aromatic heterocycles. The van der Waals surface area contributed by atoms with Gasteiger partial charge in [-0.3, -0.25) is 4.57 Å². The summed E-state index contributed by atoms with van der Waals surface area (Å²) in [6.45, 7) is 7.32. The third kappa shape index (κ3) is 3.85. The molecule has 0 spiro atoms. The molecule has 3 aromatic rings. The van der Waals surface area contributed by atoms with Crippen molar-refractivity contribution in [3.8, 4) is 17.0 Å². The molecule has 0 saturated carbocycles. The van der Waals surface area contributed by atoms with Crippen LogP contribution in [0.3, 0.4) is 0 Å². The summed E-state index contributed by atoms with van der Waals surface area (Å²) in [5.41, 5.74) is 3.52. The van der Waals surface area contributed by atoms with Crippen LogP contribution in [0.15, 0.2) is 65.0 Å². The second kappa shape index (κ2) is 8.00. The van der Waals surface area contributed by atoms with Crippen molar-refractivity contribution in [1.82, 2.24) is 9.55 Å². The molecule has 4 nitrogen and oxygen atoms in total. The Morgan fingerprint density at radius 1 is 1.15 bits per heavy atom. The molecule has 2 aromatic carbocycles. The number of nitrogens with zero attached hydrogens (tertiary/aromatic N) is 2. The molecular weight excluding hydrogens is 324 g/mol. The van der Waals surface area contributed by atoms with Crippen LogP contribution in [-0.2, 0) is 6.54 Å². The Morgan fingerprint density at radius 3 is 2.62 bits per heavy atom. The average Bonchev–Trinajstić information content (AvgIpc) is 2.64. The number of benzene rings is 2. The van der Waals surface area contributed by atoms with E-state index < -0.39 is 0 Å². The van der Waals surface area contributed by atoms with Gasteiger partial charge in [0.1, 0.15) is 12.4 Å². The van der Waals surface area contributed by atoms with Gasteiger partial charge in [0.2, 0.25) is 0 Å². The van der Waals surface area contributed by atoms with Crippen LogP contribution in [0.4, 0.5) is 0 Å². The van der Waals surface area contributed by atoms with Gasteiger partial charge in [0.25, 0.3) is 0 Å². The van der Waals surface area contributed by atoms with Crippen LogP contribution in [-0.4, -0.2) is 16.2 Å². The van der Waals surface area contributed by atoms with Gasteiger partial charge in [0.15, 0.2) is 0 Å². The molecule has 0 radical (unpaired) electrons. The molecule has 0 aliphatic carbocycles. The first-order chi connectivity index (χ1) is 12.6. The number of hydrogen-bond acceptors (Lipinski definition) is 3. The van der Waals surface area contributed by atoms with E-state index in [-0.39, 0.29) is 5.69 Å². The lowest BCUT2D eigenvalue weighted by Gasteiger charge is -2.13. The maximum Gasteiger partial charge on any atom is 0.348 e. The van der Waals surface area contributed by atoms with Crippen LogP contribution in [0.25, 0.3) is 22.2 Å². The molecule has 3 rings (SSSR count). The third-order valence-corrected chi connectivity index (χ3v) is 4.19. The molecule has 0 N–H and O–H groups in total. The summed E-state index contributed by atoms with van der Waals surface area (Å²) < 4.78 is 7.59. The van der Waals surface area contributed by atoms with Crippen LogP contribution in [0.5, 0.6) is 5.75 Å². The molecule has 0 unspecified atom stereocenters. The Labute approximate surface area is 153 Å². The minimum absolute atomic E-state index is 0.212. The van der Waals surface area contributed by atoms with Gasteiger partial charge in [-0.1, -0.05) is 42.8 Å². The van der Waals surface area contributed by atoms with Gasteiger partial charge in [0, 0.05) is 17.5 Å². The minimum Gasteiger partial charge on any atom is -0.490 e. The highest BCUT2D eigenvalue weighted by atomic mass is 16.5. The van der Waals surface area contributed by atoms with Crippen LogP contribution in [0.1, 0.15) is 27.2 Å². The molecule has 1 heterocycles. The average molecular weight is 348 g/mol. The highest BCUT2D eigenvalue weighted by molar-refractivity contribution is 5.93. The van der Waals surface area contributed by atoms with E-state index in [0.717, 1.165) is 28.6 Å². The number of aromatic nitrogens is 2. The molecule has 0 atom stereocenters. The molecule has 134 valence electrons. The standard InChI is InChI=1S/C22H24N2O2/c1-4-13-24-20-11-10-18(26-14-12-16(2)3)15-19(20)21(23-22(24)25)17-8-6-5-7-9-17/h5-12,15H,4,13-14H2,1-3H3. The Bertz CT molecular complexity index is 984. The van der Waals surface area contributed by atoms with Gasteiger partial charge in [-0.05, 0) is 44.5 Å². The van der Waals surface area contributed by atoms with E-state index in [4.69, 9.17) is 4.74 Å². The smallest absolute Gasteiger partial charge is 0.348 e. The Morgan fingerprint density at radius 2 is 1.92 bits per heavy atom. The van der Waals surface area contributed by atoms with Crippen molar-refractivity contribution in [2.24, 2.45) is 0 Å². The zero-order chi connectivity index (χ0) is 18.5. The first-order valence-electron chi connectivity index (χ1n) is 8.96. The zero-order valence-electron chi connectivity index (χ0n) is 15.5. The molecule has 0 amide bonds. The van der Waals surface area contributed by atoms with Crippen LogP contribution in [0, 0.1) is 0 Å². The van der Waals surface area contributed by atoms with Crippen molar-refractivity contribution in [3.05, 3.63) is 70.7 Å². The lowest BCUT2D eigenvalue weighted by atomic mass is 10.1. The summed E-state index contributed by atoms with van der Waals surface area (Å²) in [6, 6.07) is 15.7. The van der Waals surface area contributed by atoms with E-state index in [2.05, 4.69) is 11.9 Å². The van der Waals surface area contributed by atoms with Crippen molar-refractivity contribution in [3.63, 3.8) is 0 Å². The first kappa shape index (κ1) is 17.9. The lowest BCUT2D eigenvalue weighted by molar-refractivity contribution is 0.362. The van der Waals surface area contributed by atoms with Crippen molar-refractivity contribution < 1.29 is 4.74 Å². The fourth-order valence-corrected chi connectivity index (χ4v) is 2.91. The Hall–Kier alpha value is -2.88. The number of ether oxygens (including phenoxy) is 1. The van der Waals surface area contributed by atoms with Crippen LogP contribution >= 0.6 is 0 Å².